The first kappa shape index (κ1) is 16.0. The molecule has 6 heteroatoms. The van der Waals surface area contributed by atoms with Gasteiger partial charge in [0.25, 0.3) is 0 Å². The molecule has 0 aliphatic carbocycles. The summed E-state index contributed by atoms with van der Waals surface area (Å²) in [6, 6.07) is 5.42. The van der Waals surface area contributed by atoms with Crippen molar-refractivity contribution in [3.05, 3.63) is 30.0 Å². The Morgan fingerprint density at radius 1 is 1.45 bits per heavy atom. The van der Waals surface area contributed by atoms with Crippen LogP contribution in [0.2, 0.25) is 0 Å². The topological polar surface area (TPSA) is 80.7 Å². The number of aromatic nitrogens is 1. The van der Waals surface area contributed by atoms with E-state index in [-0.39, 0.29) is 6.61 Å². The monoisotopic (exact) mass is 304 g/mol. The van der Waals surface area contributed by atoms with E-state index in [4.69, 9.17) is 9.47 Å². The Balaban J connectivity index is 2.57. The molecule has 0 spiro atoms. The number of ether oxygens (including phenoxy) is 2. The predicted molar refractivity (Wildman–Crippen MR) is 84.4 cm³/mol. The van der Waals surface area contributed by atoms with Gasteiger partial charge in [0.1, 0.15) is 11.3 Å². The Labute approximate surface area is 129 Å². The van der Waals surface area contributed by atoms with Gasteiger partial charge in [-0.2, -0.15) is 0 Å². The number of nitrogens with one attached hydrogen (secondary N) is 1. The molecule has 1 aromatic heterocycles. The van der Waals surface area contributed by atoms with Crippen molar-refractivity contribution in [1.82, 2.24) is 4.98 Å². The second kappa shape index (κ2) is 7.09. The molecule has 2 rings (SSSR count). The largest absolute Gasteiger partial charge is 0.497 e. The summed E-state index contributed by atoms with van der Waals surface area (Å²) in [5, 5.41) is 13.3. The van der Waals surface area contributed by atoms with E-state index in [1.54, 1.807) is 33.1 Å². The summed E-state index contributed by atoms with van der Waals surface area (Å²) in [6.45, 7) is 4.01. The SMILES string of the molecule is CCOC(=O)c1cnc2ccc(OC)cc2c1NC[C@@H](C)O. The number of benzene rings is 1. The van der Waals surface area contributed by atoms with Crippen LogP contribution in [0, 0.1) is 0 Å². The summed E-state index contributed by atoms with van der Waals surface area (Å²) in [4.78, 5) is 16.4. The van der Waals surface area contributed by atoms with E-state index in [0.717, 1.165) is 10.9 Å². The Morgan fingerprint density at radius 2 is 2.23 bits per heavy atom. The molecule has 0 radical (unpaired) electrons. The molecule has 0 saturated carbocycles. The lowest BCUT2D eigenvalue weighted by Gasteiger charge is -2.15. The van der Waals surface area contributed by atoms with Gasteiger partial charge in [0.15, 0.2) is 0 Å². The Bertz CT molecular complexity index is 670. The van der Waals surface area contributed by atoms with Gasteiger partial charge in [-0.05, 0) is 32.0 Å². The van der Waals surface area contributed by atoms with Crippen LogP contribution in [-0.4, -0.2) is 42.4 Å². The van der Waals surface area contributed by atoms with E-state index in [9.17, 15) is 9.90 Å². The summed E-state index contributed by atoms with van der Waals surface area (Å²) >= 11 is 0. The molecule has 2 aromatic rings. The number of methoxy groups -OCH3 is 1. The van der Waals surface area contributed by atoms with Crippen molar-refractivity contribution < 1.29 is 19.4 Å². The molecule has 0 aliphatic heterocycles. The van der Waals surface area contributed by atoms with E-state index < -0.39 is 12.1 Å². The molecule has 1 heterocycles. The number of carbonyl (C=O) groups is 1. The molecular weight excluding hydrogens is 284 g/mol. The second-order valence-corrected chi connectivity index (χ2v) is 4.88. The molecule has 0 bridgehead atoms. The number of hydrogen-bond acceptors (Lipinski definition) is 6. The van der Waals surface area contributed by atoms with Gasteiger partial charge >= 0.3 is 5.97 Å². The van der Waals surface area contributed by atoms with Crippen molar-refractivity contribution in [3.8, 4) is 5.75 Å². The molecule has 0 aliphatic rings. The molecular formula is C16H20N2O4. The fourth-order valence-electron chi connectivity index (χ4n) is 2.10. The fraction of sp³-hybridized carbons (Fsp3) is 0.375. The van der Waals surface area contributed by atoms with Crippen LogP contribution >= 0.6 is 0 Å². The summed E-state index contributed by atoms with van der Waals surface area (Å²) in [6.07, 6.45) is 0.931. The molecule has 0 fully saturated rings. The highest BCUT2D eigenvalue weighted by Crippen LogP contribution is 2.29. The Morgan fingerprint density at radius 3 is 2.86 bits per heavy atom. The summed E-state index contributed by atoms with van der Waals surface area (Å²) in [5.74, 6) is 0.211. The standard InChI is InChI=1S/C16H20N2O4/c1-4-22-16(20)13-9-17-14-6-5-11(21-3)7-12(14)15(13)18-8-10(2)19/h5-7,9-10,19H,4,8H2,1-3H3,(H,17,18)/t10-/m1/s1. The van der Waals surface area contributed by atoms with Crippen molar-refractivity contribution in [2.24, 2.45) is 0 Å². The summed E-state index contributed by atoms with van der Waals surface area (Å²) < 4.78 is 10.3. The molecule has 0 unspecified atom stereocenters. The molecule has 2 N–H and O–H groups in total. The van der Waals surface area contributed by atoms with Crippen LogP contribution in [0.3, 0.4) is 0 Å². The molecule has 6 nitrogen and oxygen atoms in total. The molecule has 118 valence electrons. The van der Waals surface area contributed by atoms with Crippen LogP contribution in [0.5, 0.6) is 5.75 Å². The molecule has 22 heavy (non-hydrogen) atoms. The first-order valence-electron chi connectivity index (χ1n) is 7.12. The number of fused-ring (bicyclic) bond motifs is 1. The number of nitrogens with zero attached hydrogens (tertiary/aromatic N) is 1. The van der Waals surface area contributed by atoms with Gasteiger partial charge < -0.3 is 19.9 Å². The number of aliphatic hydroxyl groups excluding tert-OH is 1. The smallest absolute Gasteiger partial charge is 0.341 e. The van der Waals surface area contributed by atoms with Gasteiger partial charge in [0, 0.05) is 18.1 Å². The highest BCUT2D eigenvalue weighted by Gasteiger charge is 2.17. The zero-order valence-electron chi connectivity index (χ0n) is 12.9. The highest BCUT2D eigenvalue weighted by atomic mass is 16.5. The lowest BCUT2D eigenvalue weighted by molar-refractivity contribution is 0.0527. The zero-order chi connectivity index (χ0) is 16.1. The van der Waals surface area contributed by atoms with Gasteiger partial charge in [-0.1, -0.05) is 0 Å². The number of anilines is 1. The van der Waals surface area contributed by atoms with Crippen molar-refractivity contribution in [2.45, 2.75) is 20.0 Å². The van der Waals surface area contributed by atoms with E-state index in [0.29, 0.717) is 23.5 Å². The van der Waals surface area contributed by atoms with Gasteiger partial charge in [-0.15, -0.1) is 0 Å². The number of carbonyl (C=O) groups excluding carboxylic acids is 1. The van der Waals surface area contributed by atoms with Crippen LogP contribution in [0.15, 0.2) is 24.4 Å². The highest BCUT2D eigenvalue weighted by molar-refractivity contribution is 6.05. The van der Waals surface area contributed by atoms with Crippen molar-refractivity contribution in [3.63, 3.8) is 0 Å². The normalized spacial score (nSPS) is 12.0. The van der Waals surface area contributed by atoms with E-state index >= 15 is 0 Å². The maximum Gasteiger partial charge on any atom is 0.341 e. The minimum absolute atomic E-state index is 0.283. The summed E-state index contributed by atoms with van der Waals surface area (Å²) in [5.41, 5.74) is 1.65. The van der Waals surface area contributed by atoms with E-state index in [1.165, 1.54) is 6.20 Å². The van der Waals surface area contributed by atoms with Gasteiger partial charge in [0.2, 0.25) is 0 Å². The van der Waals surface area contributed by atoms with Crippen LogP contribution in [0.25, 0.3) is 10.9 Å². The van der Waals surface area contributed by atoms with E-state index in [1.807, 2.05) is 6.07 Å². The minimum atomic E-state index is -0.552. The Hall–Kier alpha value is -2.34. The molecule has 0 saturated heterocycles. The van der Waals surface area contributed by atoms with Crippen molar-refractivity contribution >= 4 is 22.6 Å². The third-order valence-electron chi connectivity index (χ3n) is 3.14. The number of aliphatic hydroxyl groups is 1. The van der Waals surface area contributed by atoms with Crippen LogP contribution in [0.1, 0.15) is 24.2 Å². The third-order valence-corrected chi connectivity index (χ3v) is 3.14. The maximum atomic E-state index is 12.1. The van der Waals surface area contributed by atoms with Crippen LogP contribution < -0.4 is 10.1 Å². The van der Waals surface area contributed by atoms with Crippen LogP contribution in [-0.2, 0) is 4.74 Å². The lowest BCUT2D eigenvalue weighted by atomic mass is 10.1. The van der Waals surface area contributed by atoms with Gasteiger partial charge in [-0.25, -0.2) is 4.79 Å². The molecule has 0 amide bonds. The first-order chi connectivity index (χ1) is 10.6. The molecule has 1 aromatic carbocycles. The minimum Gasteiger partial charge on any atom is -0.497 e. The third kappa shape index (κ3) is 3.46. The maximum absolute atomic E-state index is 12.1. The average Bonchev–Trinajstić information content (AvgIpc) is 2.51. The zero-order valence-corrected chi connectivity index (χ0v) is 12.9. The van der Waals surface area contributed by atoms with Crippen molar-refractivity contribution in [2.75, 3.05) is 25.6 Å². The summed E-state index contributed by atoms with van der Waals surface area (Å²) in [7, 11) is 1.58. The van der Waals surface area contributed by atoms with E-state index in [2.05, 4.69) is 10.3 Å². The van der Waals surface area contributed by atoms with Crippen LogP contribution in [0.4, 0.5) is 5.69 Å². The molecule has 1 atom stereocenters. The number of hydrogen-bond donors (Lipinski definition) is 2. The van der Waals surface area contributed by atoms with Gasteiger partial charge in [-0.3, -0.25) is 4.98 Å². The fourth-order valence-corrected chi connectivity index (χ4v) is 2.10. The number of rotatable bonds is 6. The Kier molecular flexibility index (Phi) is 5.16. The van der Waals surface area contributed by atoms with Gasteiger partial charge in [0.05, 0.1) is 31.0 Å². The first-order valence-corrected chi connectivity index (χ1v) is 7.12. The predicted octanol–water partition coefficient (Wildman–Crippen LogP) is 2.21. The number of pyridine rings is 1. The lowest BCUT2D eigenvalue weighted by Crippen LogP contribution is -2.18. The average molecular weight is 304 g/mol. The number of esters is 1. The quantitative estimate of drug-likeness (QED) is 0.796. The second-order valence-electron chi connectivity index (χ2n) is 4.88. The van der Waals surface area contributed by atoms with Crippen molar-refractivity contribution in [1.29, 1.82) is 0 Å².